The molecule has 2 rings (SSSR count). The van der Waals surface area contributed by atoms with E-state index >= 15 is 0 Å². The minimum atomic E-state index is -0.496. The van der Waals surface area contributed by atoms with E-state index in [1.54, 1.807) is 16.8 Å². The fourth-order valence-corrected chi connectivity index (χ4v) is 3.30. The summed E-state index contributed by atoms with van der Waals surface area (Å²) in [4.78, 5) is 28.2. The van der Waals surface area contributed by atoms with Crippen LogP contribution in [0.5, 0.6) is 0 Å². The molecule has 0 N–H and O–H groups in total. The van der Waals surface area contributed by atoms with Gasteiger partial charge in [-0.2, -0.15) is 0 Å². The number of likely N-dealkylation sites (tertiary alicyclic amines) is 1. The number of carbonyl (C=O) groups excluding carboxylic acids is 2. The van der Waals surface area contributed by atoms with Gasteiger partial charge in [-0.05, 0) is 61.7 Å². The molecule has 0 atom stereocenters. The van der Waals surface area contributed by atoms with E-state index < -0.39 is 5.60 Å². The number of ether oxygens (including phenoxy) is 1. The SMILES string of the molecule is CN(C(=O)C1CCN(C(=O)OC(C)(C)C)CC1)c1ccccc1Br. The van der Waals surface area contributed by atoms with Gasteiger partial charge in [0.2, 0.25) is 5.91 Å². The van der Waals surface area contributed by atoms with Crippen molar-refractivity contribution in [3.8, 4) is 0 Å². The van der Waals surface area contributed by atoms with E-state index in [0.717, 1.165) is 10.2 Å². The highest BCUT2D eigenvalue weighted by atomic mass is 79.9. The van der Waals surface area contributed by atoms with E-state index in [9.17, 15) is 9.59 Å². The molecule has 6 heteroatoms. The molecule has 0 radical (unpaired) electrons. The smallest absolute Gasteiger partial charge is 0.410 e. The Kier molecular flexibility index (Phi) is 5.91. The van der Waals surface area contributed by atoms with Gasteiger partial charge in [0.25, 0.3) is 0 Å². The molecule has 0 unspecified atom stereocenters. The summed E-state index contributed by atoms with van der Waals surface area (Å²) in [6, 6.07) is 7.67. The van der Waals surface area contributed by atoms with Crippen LogP contribution in [0.25, 0.3) is 0 Å². The Morgan fingerprint density at radius 3 is 2.33 bits per heavy atom. The fourth-order valence-electron chi connectivity index (χ4n) is 2.75. The quantitative estimate of drug-likeness (QED) is 0.756. The van der Waals surface area contributed by atoms with Crippen molar-refractivity contribution in [1.29, 1.82) is 0 Å². The van der Waals surface area contributed by atoms with Crippen LogP contribution >= 0.6 is 15.9 Å². The van der Waals surface area contributed by atoms with Crippen molar-refractivity contribution in [1.82, 2.24) is 4.90 Å². The Balaban J connectivity index is 1.93. The number of amides is 2. The maximum atomic E-state index is 12.7. The van der Waals surface area contributed by atoms with Gasteiger partial charge in [0.15, 0.2) is 0 Å². The fraction of sp³-hybridized carbons (Fsp3) is 0.556. The molecule has 132 valence electrons. The molecule has 0 aromatic heterocycles. The maximum Gasteiger partial charge on any atom is 0.410 e. The molecular formula is C18H25BrN2O3. The third-order valence-corrected chi connectivity index (χ3v) is 4.71. The summed E-state index contributed by atoms with van der Waals surface area (Å²) in [5.74, 6) is 0.0199. The van der Waals surface area contributed by atoms with Gasteiger partial charge in [-0.15, -0.1) is 0 Å². The molecule has 1 aromatic rings. The molecule has 24 heavy (non-hydrogen) atoms. The molecule has 0 aliphatic carbocycles. The Bertz CT molecular complexity index is 605. The van der Waals surface area contributed by atoms with Gasteiger partial charge in [0.05, 0.1) is 5.69 Å². The highest BCUT2D eigenvalue weighted by molar-refractivity contribution is 9.10. The third kappa shape index (κ3) is 4.72. The monoisotopic (exact) mass is 396 g/mol. The number of carbonyl (C=O) groups is 2. The molecular weight excluding hydrogens is 372 g/mol. The first-order valence-corrected chi connectivity index (χ1v) is 8.98. The van der Waals surface area contributed by atoms with Gasteiger partial charge in [-0.25, -0.2) is 4.79 Å². The topological polar surface area (TPSA) is 49.9 Å². The molecule has 1 fully saturated rings. The van der Waals surface area contributed by atoms with Crippen LogP contribution in [-0.2, 0) is 9.53 Å². The van der Waals surface area contributed by atoms with Crippen LogP contribution in [0.2, 0.25) is 0 Å². The maximum absolute atomic E-state index is 12.7. The molecule has 1 aliphatic heterocycles. The number of hydrogen-bond donors (Lipinski definition) is 0. The Morgan fingerprint density at radius 1 is 1.21 bits per heavy atom. The van der Waals surface area contributed by atoms with Gasteiger partial charge in [-0.1, -0.05) is 12.1 Å². The number of halogens is 1. The molecule has 1 heterocycles. The average molecular weight is 397 g/mol. The van der Waals surface area contributed by atoms with E-state index in [1.165, 1.54) is 0 Å². The summed E-state index contributed by atoms with van der Waals surface area (Å²) in [5, 5.41) is 0. The van der Waals surface area contributed by atoms with Gasteiger partial charge < -0.3 is 14.5 Å². The molecule has 0 saturated carbocycles. The first-order valence-electron chi connectivity index (χ1n) is 8.19. The van der Waals surface area contributed by atoms with Crippen molar-refractivity contribution in [2.24, 2.45) is 5.92 Å². The molecule has 5 nitrogen and oxygen atoms in total. The number of rotatable bonds is 2. The number of piperidine rings is 1. The summed E-state index contributed by atoms with van der Waals surface area (Å²) >= 11 is 3.48. The Hall–Kier alpha value is -1.56. The normalized spacial score (nSPS) is 16.0. The van der Waals surface area contributed by atoms with Crippen molar-refractivity contribution in [3.05, 3.63) is 28.7 Å². The van der Waals surface area contributed by atoms with Crippen LogP contribution in [0.15, 0.2) is 28.7 Å². The van der Waals surface area contributed by atoms with E-state index in [0.29, 0.717) is 25.9 Å². The van der Waals surface area contributed by atoms with Gasteiger partial charge in [0, 0.05) is 30.5 Å². The van der Waals surface area contributed by atoms with Crippen LogP contribution in [0.1, 0.15) is 33.6 Å². The average Bonchev–Trinajstić information content (AvgIpc) is 2.52. The van der Waals surface area contributed by atoms with Gasteiger partial charge >= 0.3 is 6.09 Å². The van der Waals surface area contributed by atoms with Crippen molar-refractivity contribution in [2.45, 2.75) is 39.2 Å². The van der Waals surface area contributed by atoms with Gasteiger partial charge in [0.1, 0.15) is 5.60 Å². The molecule has 0 bridgehead atoms. The van der Waals surface area contributed by atoms with Crippen LogP contribution in [0.4, 0.5) is 10.5 Å². The summed E-state index contributed by atoms with van der Waals surface area (Å²) in [6.07, 6.45) is 1.02. The summed E-state index contributed by atoms with van der Waals surface area (Å²) in [6.45, 7) is 6.67. The lowest BCUT2D eigenvalue weighted by Crippen LogP contribution is -2.45. The number of para-hydroxylation sites is 1. The molecule has 1 aromatic carbocycles. The second-order valence-electron chi connectivity index (χ2n) is 7.09. The Morgan fingerprint density at radius 2 is 1.79 bits per heavy atom. The van der Waals surface area contributed by atoms with Crippen LogP contribution in [0.3, 0.4) is 0 Å². The van der Waals surface area contributed by atoms with Gasteiger partial charge in [-0.3, -0.25) is 4.79 Å². The lowest BCUT2D eigenvalue weighted by atomic mass is 9.95. The standard InChI is InChI=1S/C18H25BrN2O3/c1-18(2,3)24-17(23)21-11-9-13(10-12-21)16(22)20(4)15-8-6-5-7-14(15)19/h5-8,13H,9-12H2,1-4H3. The highest BCUT2D eigenvalue weighted by Gasteiger charge is 2.31. The first-order chi connectivity index (χ1) is 11.2. The minimum absolute atomic E-state index is 0.0687. The number of benzene rings is 1. The highest BCUT2D eigenvalue weighted by Crippen LogP contribution is 2.28. The van der Waals surface area contributed by atoms with Crippen LogP contribution < -0.4 is 4.90 Å². The molecule has 0 spiro atoms. The summed E-state index contributed by atoms with van der Waals surface area (Å²) in [7, 11) is 1.79. The largest absolute Gasteiger partial charge is 0.444 e. The van der Waals surface area contributed by atoms with E-state index in [-0.39, 0.29) is 17.9 Å². The number of anilines is 1. The second-order valence-corrected chi connectivity index (χ2v) is 7.94. The van der Waals surface area contributed by atoms with Crippen molar-refractivity contribution < 1.29 is 14.3 Å². The lowest BCUT2D eigenvalue weighted by Gasteiger charge is -2.34. The minimum Gasteiger partial charge on any atom is -0.444 e. The van der Waals surface area contributed by atoms with Crippen molar-refractivity contribution >= 4 is 33.6 Å². The van der Waals surface area contributed by atoms with Crippen LogP contribution in [0, 0.1) is 5.92 Å². The van der Waals surface area contributed by atoms with Crippen molar-refractivity contribution in [2.75, 3.05) is 25.0 Å². The second kappa shape index (κ2) is 7.55. The van der Waals surface area contributed by atoms with Crippen molar-refractivity contribution in [3.63, 3.8) is 0 Å². The Labute approximate surface area is 152 Å². The lowest BCUT2D eigenvalue weighted by molar-refractivity contribution is -0.123. The zero-order valence-electron chi connectivity index (χ0n) is 14.7. The number of hydrogen-bond acceptors (Lipinski definition) is 3. The van der Waals surface area contributed by atoms with E-state index in [1.807, 2.05) is 45.0 Å². The zero-order valence-corrected chi connectivity index (χ0v) is 16.3. The third-order valence-electron chi connectivity index (χ3n) is 4.04. The summed E-state index contributed by atoms with van der Waals surface area (Å²) in [5.41, 5.74) is 0.362. The van der Waals surface area contributed by atoms with Crippen LogP contribution in [-0.4, -0.2) is 42.6 Å². The molecule has 1 saturated heterocycles. The number of nitrogens with zero attached hydrogens (tertiary/aromatic N) is 2. The first kappa shape index (κ1) is 18.8. The predicted octanol–water partition coefficient (Wildman–Crippen LogP) is 4.06. The molecule has 1 aliphatic rings. The molecule has 2 amide bonds. The van der Waals surface area contributed by atoms with E-state index in [2.05, 4.69) is 15.9 Å². The summed E-state index contributed by atoms with van der Waals surface area (Å²) < 4.78 is 6.29. The zero-order chi connectivity index (χ0) is 17.9. The predicted molar refractivity (Wildman–Crippen MR) is 98.1 cm³/mol. The van der Waals surface area contributed by atoms with E-state index in [4.69, 9.17) is 4.74 Å².